The van der Waals surface area contributed by atoms with E-state index in [1.807, 2.05) is 53.7 Å². The molecule has 4 heteroatoms. The van der Waals surface area contributed by atoms with E-state index in [-0.39, 0.29) is 5.56 Å². The molecule has 0 fully saturated rings. The number of unbranched alkanes of at least 4 members (excludes halogenated alkanes) is 1. The maximum absolute atomic E-state index is 13.9. The highest BCUT2D eigenvalue weighted by Gasteiger charge is 2.09. The highest BCUT2D eigenvalue weighted by molar-refractivity contribution is 7.78. The van der Waals surface area contributed by atoms with E-state index in [0.29, 0.717) is 0 Å². The third kappa shape index (κ3) is 5.49. The van der Waals surface area contributed by atoms with Crippen LogP contribution in [0.15, 0.2) is 65.7 Å². The number of isothiocyanates is 1. The van der Waals surface area contributed by atoms with Crippen molar-refractivity contribution in [2.45, 2.75) is 19.8 Å². The van der Waals surface area contributed by atoms with Crippen molar-refractivity contribution < 1.29 is 8.78 Å². The Morgan fingerprint density at radius 3 is 1.77 bits per heavy atom. The fourth-order valence-corrected chi connectivity index (χ4v) is 2.81. The van der Waals surface area contributed by atoms with E-state index in [1.165, 1.54) is 0 Å². The molecule has 0 N–H and O–H groups in total. The van der Waals surface area contributed by atoms with Crippen molar-refractivity contribution in [3.8, 4) is 34.8 Å². The normalized spacial score (nSPS) is 9.57. The fraction of sp³-hybridized carbons (Fsp3) is 0.115. The molecule has 0 radical (unpaired) electrons. The Hall–Kier alpha value is -3.56. The molecule has 1 nitrogen and oxygen atoms in total. The zero-order valence-electron chi connectivity index (χ0n) is 16.3. The molecular formula is C26H17F2NS. The predicted octanol–water partition coefficient (Wildman–Crippen LogP) is 6.92. The van der Waals surface area contributed by atoms with Crippen molar-refractivity contribution in [2.24, 2.45) is 4.99 Å². The molecule has 0 aliphatic heterocycles. The Balaban J connectivity index is 1.76. The molecule has 0 bridgehead atoms. The zero-order chi connectivity index (χ0) is 21.3. The zero-order valence-corrected chi connectivity index (χ0v) is 17.1. The van der Waals surface area contributed by atoms with E-state index < -0.39 is 17.3 Å². The summed E-state index contributed by atoms with van der Waals surface area (Å²) in [5.41, 5.74) is 3.63. The van der Waals surface area contributed by atoms with Crippen LogP contribution >= 0.6 is 12.2 Å². The Morgan fingerprint density at radius 2 is 1.27 bits per heavy atom. The summed E-state index contributed by atoms with van der Waals surface area (Å²) in [5, 5.41) is 1.96. The monoisotopic (exact) mass is 413 g/mol. The van der Waals surface area contributed by atoms with E-state index in [4.69, 9.17) is 0 Å². The lowest BCUT2D eigenvalue weighted by Gasteiger charge is -2.02. The Morgan fingerprint density at radius 1 is 0.767 bits per heavy atom. The summed E-state index contributed by atoms with van der Waals surface area (Å²) in [6.07, 6.45) is 1.95. The molecule has 3 rings (SSSR count). The number of hydrogen-bond donors (Lipinski definition) is 0. The number of hydrogen-bond acceptors (Lipinski definition) is 2. The molecule has 0 saturated heterocycles. The van der Waals surface area contributed by atoms with Gasteiger partial charge in [0.2, 0.25) is 0 Å². The van der Waals surface area contributed by atoms with Gasteiger partial charge >= 0.3 is 0 Å². The topological polar surface area (TPSA) is 12.4 Å². The van der Waals surface area contributed by atoms with Crippen LogP contribution in [0.5, 0.6) is 0 Å². The molecule has 0 atom stereocenters. The number of rotatable bonds is 3. The van der Waals surface area contributed by atoms with E-state index >= 15 is 0 Å². The molecule has 3 aromatic carbocycles. The predicted molar refractivity (Wildman–Crippen MR) is 121 cm³/mol. The molecule has 30 heavy (non-hydrogen) atoms. The summed E-state index contributed by atoms with van der Waals surface area (Å²) in [6.45, 7) is 2.11. The van der Waals surface area contributed by atoms with Gasteiger partial charge in [0, 0.05) is 23.1 Å². The largest absolute Gasteiger partial charge is 0.204 e. The summed E-state index contributed by atoms with van der Waals surface area (Å²) < 4.78 is 27.8. The first kappa shape index (κ1) is 21.2. The third-order valence-corrected chi connectivity index (χ3v) is 4.33. The second-order valence-corrected chi connectivity index (χ2v) is 6.63. The standard InChI is InChI=1S/C26H17F2NS/c1-2-3-4-5-19-8-12-22(13-9-19)23-14-10-20(11-15-23)6-7-21-16-24(27)26(29-18-30)25(28)17-21/h8-17H,2-3H2,1H3. The molecule has 0 amide bonds. The Bertz CT molecular complexity index is 1190. The Kier molecular flexibility index (Phi) is 7.25. The van der Waals surface area contributed by atoms with Gasteiger partial charge in [-0.25, -0.2) is 8.78 Å². The van der Waals surface area contributed by atoms with E-state index in [2.05, 4.69) is 47.8 Å². The fourth-order valence-electron chi connectivity index (χ4n) is 2.72. The van der Waals surface area contributed by atoms with E-state index in [9.17, 15) is 8.78 Å². The van der Waals surface area contributed by atoms with Crippen LogP contribution in [0.4, 0.5) is 14.5 Å². The lowest BCUT2D eigenvalue weighted by Crippen LogP contribution is -1.86. The SMILES string of the molecule is CCCC#Cc1ccc(-c2ccc(C#Cc3cc(F)c(N=C=S)c(F)c3)cc2)cc1. The highest BCUT2D eigenvalue weighted by atomic mass is 32.1. The van der Waals surface area contributed by atoms with Gasteiger partial charge in [-0.2, -0.15) is 4.99 Å². The van der Waals surface area contributed by atoms with Crippen LogP contribution in [0.2, 0.25) is 0 Å². The minimum Gasteiger partial charge on any atom is -0.204 e. The summed E-state index contributed by atoms with van der Waals surface area (Å²) in [7, 11) is 0. The van der Waals surface area contributed by atoms with Gasteiger partial charge in [-0.05, 0) is 66.2 Å². The van der Waals surface area contributed by atoms with E-state index in [1.54, 1.807) is 0 Å². The van der Waals surface area contributed by atoms with Crippen LogP contribution in [0.3, 0.4) is 0 Å². The smallest absolute Gasteiger partial charge is 0.153 e. The highest BCUT2D eigenvalue weighted by Crippen LogP contribution is 2.23. The summed E-state index contributed by atoms with van der Waals surface area (Å²) in [5.74, 6) is 10.3. The molecule has 0 saturated carbocycles. The van der Waals surface area contributed by atoms with Gasteiger partial charge in [0.1, 0.15) is 5.69 Å². The van der Waals surface area contributed by atoms with Crippen molar-refractivity contribution in [3.05, 3.63) is 89.0 Å². The number of thiocarbonyl (C=S) groups is 1. The van der Waals surface area contributed by atoms with Crippen LogP contribution in [0.1, 0.15) is 36.5 Å². The molecule has 0 heterocycles. The molecule has 3 aromatic rings. The van der Waals surface area contributed by atoms with Gasteiger partial charge in [0.25, 0.3) is 0 Å². The second-order valence-electron chi connectivity index (χ2n) is 6.45. The van der Waals surface area contributed by atoms with Crippen LogP contribution in [-0.4, -0.2) is 5.16 Å². The van der Waals surface area contributed by atoms with Crippen molar-refractivity contribution in [3.63, 3.8) is 0 Å². The van der Waals surface area contributed by atoms with Crippen molar-refractivity contribution in [1.29, 1.82) is 0 Å². The molecule has 0 spiro atoms. The molecular weight excluding hydrogens is 396 g/mol. The minimum atomic E-state index is -0.824. The quantitative estimate of drug-likeness (QED) is 0.258. The lowest BCUT2D eigenvalue weighted by molar-refractivity contribution is 0.587. The van der Waals surface area contributed by atoms with Gasteiger partial charge < -0.3 is 0 Å². The van der Waals surface area contributed by atoms with Crippen LogP contribution in [0.25, 0.3) is 11.1 Å². The van der Waals surface area contributed by atoms with Gasteiger partial charge in [-0.15, -0.1) is 0 Å². The first-order valence-corrected chi connectivity index (χ1v) is 9.80. The summed E-state index contributed by atoms with van der Waals surface area (Å²) in [4.78, 5) is 3.39. The number of benzene rings is 3. The number of aliphatic imine (C=N–C) groups is 1. The lowest BCUT2D eigenvalue weighted by atomic mass is 10.0. The van der Waals surface area contributed by atoms with Gasteiger partial charge in [-0.3, -0.25) is 0 Å². The van der Waals surface area contributed by atoms with Gasteiger partial charge in [-0.1, -0.05) is 54.9 Å². The average Bonchev–Trinajstić information content (AvgIpc) is 2.76. The first-order chi connectivity index (χ1) is 14.6. The molecule has 0 aromatic heterocycles. The van der Waals surface area contributed by atoms with Gasteiger partial charge in [0.05, 0.1) is 5.16 Å². The first-order valence-electron chi connectivity index (χ1n) is 9.39. The maximum Gasteiger partial charge on any atom is 0.153 e. The number of nitrogens with zero attached hydrogens (tertiary/aromatic N) is 1. The Labute approximate surface area is 180 Å². The molecule has 0 unspecified atom stereocenters. The second kappa shape index (κ2) is 10.3. The summed E-state index contributed by atoms with van der Waals surface area (Å²) >= 11 is 4.39. The minimum absolute atomic E-state index is 0.220. The third-order valence-electron chi connectivity index (χ3n) is 4.24. The molecule has 146 valence electrons. The van der Waals surface area contributed by atoms with Crippen LogP contribution in [0, 0.1) is 35.3 Å². The van der Waals surface area contributed by atoms with Crippen molar-refractivity contribution in [2.75, 3.05) is 0 Å². The maximum atomic E-state index is 13.9. The van der Waals surface area contributed by atoms with E-state index in [0.717, 1.165) is 47.2 Å². The average molecular weight is 413 g/mol. The molecule has 0 aliphatic carbocycles. The van der Waals surface area contributed by atoms with Crippen LogP contribution < -0.4 is 0 Å². The van der Waals surface area contributed by atoms with Gasteiger partial charge in [0.15, 0.2) is 11.6 Å². The van der Waals surface area contributed by atoms with Crippen molar-refractivity contribution in [1.82, 2.24) is 0 Å². The molecule has 0 aliphatic rings. The van der Waals surface area contributed by atoms with Crippen LogP contribution in [-0.2, 0) is 0 Å². The van der Waals surface area contributed by atoms with Crippen molar-refractivity contribution >= 4 is 23.1 Å². The number of halogens is 2. The summed E-state index contributed by atoms with van der Waals surface area (Å²) in [6, 6.07) is 18.0.